The van der Waals surface area contributed by atoms with Crippen molar-refractivity contribution >= 4 is 12.1 Å². The summed E-state index contributed by atoms with van der Waals surface area (Å²) in [5.74, 6) is -1.41. The number of carbonyl (C=O) groups excluding carboxylic acids is 1. The summed E-state index contributed by atoms with van der Waals surface area (Å²) in [4.78, 5) is 11.9. The van der Waals surface area contributed by atoms with Crippen LogP contribution < -0.4 is 5.43 Å². The van der Waals surface area contributed by atoms with E-state index in [-0.39, 0.29) is 11.1 Å². The van der Waals surface area contributed by atoms with Crippen LogP contribution in [0.25, 0.3) is 0 Å². The van der Waals surface area contributed by atoms with Gasteiger partial charge in [-0.2, -0.15) is 10.4 Å². The van der Waals surface area contributed by atoms with Crippen molar-refractivity contribution in [2.24, 2.45) is 12.1 Å². The maximum atomic E-state index is 13.7. The third kappa shape index (κ3) is 3.04. The lowest BCUT2D eigenvalue weighted by atomic mass is 10.1. The van der Waals surface area contributed by atoms with Gasteiger partial charge in [-0.25, -0.2) is 9.82 Å². The van der Waals surface area contributed by atoms with Gasteiger partial charge in [-0.05, 0) is 38.1 Å². The van der Waals surface area contributed by atoms with Crippen molar-refractivity contribution in [3.63, 3.8) is 0 Å². The fourth-order valence-corrected chi connectivity index (χ4v) is 2.00. The zero-order valence-electron chi connectivity index (χ0n) is 12.5. The molecule has 2 aromatic rings. The van der Waals surface area contributed by atoms with E-state index in [1.54, 1.807) is 0 Å². The molecule has 0 saturated carbocycles. The first-order valence-electron chi connectivity index (χ1n) is 6.60. The summed E-state index contributed by atoms with van der Waals surface area (Å²) in [6.45, 7) is 3.91. The third-order valence-electron chi connectivity index (χ3n) is 3.53. The fraction of sp³-hybridized carbons (Fsp3) is 0.188. The van der Waals surface area contributed by atoms with Gasteiger partial charge in [-0.1, -0.05) is 0 Å². The third-order valence-corrected chi connectivity index (χ3v) is 3.53. The van der Waals surface area contributed by atoms with Crippen molar-refractivity contribution in [1.82, 2.24) is 9.99 Å². The van der Waals surface area contributed by atoms with Gasteiger partial charge in [0.1, 0.15) is 5.82 Å². The molecule has 1 aromatic heterocycles. The van der Waals surface area contributed by atoms with Crippen LogP contribution in [0.5, 0.6) is 0 Å². The summed E-state index contributed by atoms with van der Waals surface area (Å²) in [6.07, 6.45) is 1.52. The van der Waals surface area contributed by atoms with Crippen molar-refractivity contribution in [2.75, 3.05) is 0 Å². The van der Waals surface area contributed by atoms with Crippen LogP contribution in [-0.2, 0) is 7.05 Å². The van der Waals surface area contributed by atoms with Crippen molar-refractivity contribution in [3.8, 4) is 6.07 Å². The topological polar surface area (TPSA) is 70.2 Å². The smallest absolute Gasteiger partial charge is 0.274 e. The lowest BCUT2D eigenvalue weighted by molar-refractivity contribution is 0.0951. The van der Waals surface area contributed by atoms with Crippen molar-refractivity contribution in [1.29, 1.82) is 5.26 Å². The minimum atomic E-state index is -0.751. The number of hydrogen-bond donors (Lipinski definition) is 1. The summed E-state index contributed by atoms with van der Waals surface area (Å²) >= 11 is 0. The molecule has 0 aliphatic heterocycles. The first-order chi connectivity index (χ1) is 10.4. The molecule has 0 aliphatic carbocycles. The van der Waals surface area contributed by atoms with Crippen molar-refractivity contribution in [3.05, 3.63) is 58.2 Å². The largest absolute Gasteiger partial charge is 0.352 e. The number of carbonyl (C=O) groups is 1. The molecule has 0 aliphatic rings. The minimum Gasteiger partial charge on any atom is -0.352 e. The lowest BCUT2D eigenvalue weighted by Gasteiger charge is -2.02. The summed E-state index contributed by atoms with van der Waals surface area (Å²) in [5, 5.41) is 12.5. The molecule has 0 atom stereocenters. The summed E-state index contributed by atoms with van der Waals surface area (Å²) in [7, 11) is 1.94. The van der Waals surface area contributed by atoms with E-state index in [4.69, 9.17) is 5.26 Å². The zero-order valence-corrected chi connectivity index (χ0v) is 12.5. The number of nitrogens with one attached hydrogen (secondary N) is 1. The molecule has 6 heteroatoms. The highest BCUT2D eigenvalue weighted by atomic mass is 19.1. The van der Waals surface area contributed by atoms with Crippen LogP contribution >= 0.6 is 0 Å². The predicted octanol–water partition coefficient (Wildman–Crippen LogP) is 2.42. The Morgan fingerprint density at radius 3 is 2.68 bits per heavy atom. The Morgan fingerprint density at radius 2 is 2.14 bits per heavy atom. The summed E-state index contributed by atoms with van der Waals surface area (Å²) < 4.78 is 15.7. The van der Waals surface area contributed by atoms with Crippen LogP contribution in [0.15, 0.2) is 29.4 Å². The highest BCUT2D eigenvalue weighted by Gasteiger charge is 2.11. The minimum absolute atomic E-state index is 0.155. The van der Waals surface area contributed by atoms with E-state index in [1.165, 1.54) is 18.3 Å². The van der Waals surface area contributed by atoms with Gasteiger partial charge in [0.15, 0.2) is 0 Å². The number of nitrogens with zero attached hydrogens (tertiary/aromatic N) is 3. The number of benzene rings is 1. The zero-order chi connectivity index (χ0) is 16.3. The van der Waals surface area contributed by atoms with Gasteiger partial charge >= 0.3 is 0 Å². The highest BCUT2D eigenvalue weighted by Crippen LogP contribution is 2.11. The number of aromatic nitrogens is 1. The molecule has 0 fully saturated rings. The number of aryl methyl sites for hydroxylation is 1. The highest BCUT2D eigenvalue weighted by molar-refractivity contribution is 5.95. The van der Waals surface area contributed by atoms with E-state index < -0.39 is 11.7 Å². The molecule has 1 N–H and O–H groups in total. The van der Waals surface area contributed by atoms with Gasteiger partial charge < -0.3 is 4.57 Å². The number of nitriles is 1. The Labute approximate surface area is 127 Å². The second-order valence-corrected chi connectivity index (χ2v) is 4.89. The molecule has 1 amide bonds. The number of halogens is 1. The van der Waals surface area contributed by atoms with Crippen LogP contribution in [0.4, 0.5) is 4.39 Å². The van der Waals surface area contributed by atoms with Crippen LogP contribution in [0.3, 0.4) is 0 Å². The van der Waals surface area contributed by atoms with E-state index >= 15 is 0 Å². The lowest BCUT2D eigenvalue weighted by Crippen LogP contribution is -2.19. The Balaban J connectivity index is 2.11. The van der Waals surface area contributed by atoms with E-state index in [2.05, 4.69) is 10.5 Å². The van der Waals surface area contributed by atoms with Crippen LogP contribution in [0.2, 0.25) is 0 Å². The average molecular weight is 298 g/mol. The Kier molecular flexibility index (Phi) is 4.37. The quantitative estimate of drug-likeness (QED) is 0.698. The number of amides is 1. The Bertz CT molecular complexity index is 799. The average Bonchev–Trinajstić information content (AvgIpc) is 2.74. The van der Waals surface area contributed by atoms with Crippen LogP contribution in [-0.4, -0.2) is 16.7 Å². The molecule has 0 saturated heterocycles. The molecule has 0 radical (unpaired) electrons. The van der Waals surface area contributed by atoms with Gasteiger partial charge in [-0.15, -0.1) is 0 Å². The van der Waals surface area contributed by atoms with Gasteiger partial charge in [-0.3, -0.25) is 4.79 Å². The van der Waals surface area contributed by atoms with Gasteiger partial charge in [0.25, 0.3) is 5.91 Å². The second-order valence-electron chi connectivity index (χ2n) is 4.89. The Hall–Kier alpha value is -2.94. The predicted molar refractivity (Wildman–Crippen MR) is 81.1 cm³/mol. The van der Waals surface area contributed by atoms with E-state index in [9.17, 15) is 9.18 Å². The monoisotopic (exact) mass is 298 g/mol. The summed E-state index contributed by atoms with van der Waals surface area (Å²) in [6, 6.07) is 7.41. The molecule has 5 nitrogen and oxygen atoms in total. The van der Waals surface area contributed by atoms with Gasteiger partial charge in [0.2, 0.25) is 0 Å². The van der Waals surface area contributed by atoms with E-state index in [1.807, 2.05) is 37.6 Å². The number of rotatable bonds is 3. The van der Waals surface area contributed by atoms with Crippen LogP contribution in [0, 0.1) is 31.0 Å². The standard InChI is InChI=1S/C16H15FN4O/c1-10-6-13(11(2)21(10)3)9-19-20-16(22)14-5-4-12(8-18)7-15(14)17/h4-7,9H,1-3H3,(H,20,22). The molecule has 0 bridgehead atoms. The van der Waals surface area contributed by atoms with Gasteiger partial charge in [0.05, 0.1) is 23.4 Å². The van der Waals surface area contributed by atoms with Crippen molar-refractivity contribution < 1.29 is 9.18 Å². The first-order valence-corrected chi connectivity index (χ1v) is 6.60. The Morgan fingerprint density at radius 1 is 1.41 bits per heavy atom. The van der Waals surface area contributed by atoms with Crippen LogP contribution in [0.1, 0.15) is 32.9 Å². The molecular weight excluding hydrogens is 283 g/mol. The van der Waals surface area contributed by atoms with E-state index in [0.29, 0.717) is 0 Å². The molecular formula is C16H15FN4O. The molecule has 112 valence electrons. The number of hydrazone groups is 1. The number of hydrogen-bond acceptors (Lipinski definition) is 3. The molecule has 0 spiro atoms. The van der Waals surface area contributed by atoms with Gasteiger partial charge in [0, 0.05) is 24.0 Å². The normalized spacial score (nSPS) is 10.7. The van der Waals surface area contributed by atoms with E-state index in [0.717, 1.165) is 23.0 Å². The second kappa shape index (κ2) is 6.22. The maximum Gasteiger partial charge on any atom is 0.274 e. The molecule has 22 heavy (non-hydrogen) atoms. The SMILES string of the molecule is Cc1cc(C=NNC(=O)c2ccc(C#N)cc2F)c(C)n1C. The molecule has 1 aromatic carbocycles. The molecule has 0 unspecified atom stereocenters. The van der Waals surface area contributed by atoms with Crippen molar-refractivity contribution in [2.45, 2.75) is 13.8 Å². The first kappa shape index (κ1) is 15.4. The molecule has 1 heterocycles. The molecule has 2 rings (SSSR count). The maximum absolute atomic E-state index is 13.7. The summed E-state index contributed by atoms with van der Waals surface area (Å²) in [5.41, 5.74) is 5.25. The fourth-order valence-electron chi connectivity index (χ4n) is 2.00.